The molecule has 5 heteroatoms. The summed E-state index contributed by atoms with van der Waals surface area (Å²) in [5.41, 5.74) is 1.17. The number of hydrogen-bond acceptors (Lipinski definition) is 3. The van der Waals surface area contributed by atoms with Gasteiger partial charge in [-0.2, -0.15) is 5.10 Å². The Kier molecular flexibility index (Phi) is 6.21. The molecule has 0 amide bonds. The van der Waals surface area contributed by atoms with E-state index in [1.807, 2.05) is 22.9 Å². The minimum atomic E-state index is 0.304. The van der Waals surface area contributed by atoms with Gasteiger partial charge in [-0.1, -0.05) is 43.6 Å². The van der Waals surface area contributed by atoms with Crippen LogP contribution in [0.3, 0.4) is 0 Å². The highest BCUT2D eigenvalue weighted by Crippen LogP contribution is 2.26. The van der Waals surface area contributed by atoms with Gasteiger partial charge in [0.05, 0.1) is 0 Å². The molecule has 0 radical (unpaired) electrons. The molecule has 0 fully saturated rings. The van der Waals surface area contributed by atoms with Crippen LogP contribution in [0, 0.1) is 0 Å². The van der Waals surface area contributed by atoms with Gasteiger partial charge in [0.25, 0.3) is 0 Å². The summed E-state index contributed by atoms with van der Waals surface area (Å²) in [5.74, 6) is 1.33. The fourth-order valence-corrected chi connectivity index (χ4v) is 2.77. The maximum Gasteiger partial charge on any atom is 0.138 e. The van der Waals surface area contributed by atoms with Crippen molar-refractivity contribution in [1.82, 2.24) is 20.1 Å². The van der Waals surface area contributed by atoms with E-state index in [2.05, 4.69) is 35.3 Å². The summed E-state index contributed by atoms with van der Waals surface area (Å²) in [5, 5.41) is 8.55. The lowest BCUT2D eigenvalue weighted by atomic mass is 9.95. The zero-order valence-electron chi connectivity index (χ0n) is 12.7. The van der Waals surface area contributed by atoms with E-state index in [0.29, 0.717) is 5.92 Å². The topological polar surface area (TPSA) is 42.7 Å². The molecule has 1 heterocycles. The van der Waals surface area contributed by atoms with Crippen LogP contribution < -0.4 is 5.32 Å². The molecular weight excluding hydrogens is 284 g/mol. The Balaban J connectivity index is 2.20. The first kappa shape index (κ1) is 16.0. The van der Waals surface area contributed by atoms with Crippen LogP contribution in [0.4, 0.5) is 0 Å². The summed E-state index contributed by atoms with van der Waals surface area (Å²) < 4.78 is 2.00. The van der Waals surface area contributed by atoms with Gasteiger partial charge in [-0.3, -0.25) is 4.68 Å². The Bertz CT molecular complexity index is 553. The van der Waals surface area contributed by atoms with Crippen LogP contribution in [0.25, 0.3) is 0 Å². The van der Waals surface area contributed by atoms with E-state index in [9.17, 15) is 0 Å². The highest BCUT2D eigenvalue weighted by atomic mass is 35.5. The van der Waals surface area contributed by atoms with Crippen LogP contribution in [0.1, 0.15) is 37.6 Å². The summed E-state index contributed by atoms with van der Waals surface area (Å²) in [7, 11) is 0. The molecule has 0 aliphatic rings. The van der Waals surface area contributed by atoms with E-state index in [1.54, 1.807) is 6.33 Å². The average molecular weight is 307 g/mol. The molecule has 1 aromatic heterocycles. The van der Waals surface area contributed by atoms with Crippen molar-refractivity contribution in [2.24, 2.45) is 0 Å². The second kappa shape index (κ2) is 8.15. The van der Waals surface area contributed by atoms with E-state index in [0.717, 1.165) is 43.3 Å². The Morgan fingerprint density at radius 3 is 2.81 bits per heavy atom. The summed E-state index contributed by atoms with van der Waals surface area (Å²) in [6.07, 6.45) is 3.54. The predicted molar refractivity (Wildman–Crippen MR) is 86.8 cm³/mol. The third kappa shape index (κ3) is 4.29. The molecule has 114 valence electrons. The van der Waals surface area contributed by atoms with Crippen LogP contribution in [0.5, 0.6) is 0 Å². The van der Waals surface area contributed by atoms with Gasteiger partial charge >= 0.3 is 0 Å². The molecule has 0 aliphatic heterocycles. The van der Waals surface area contributed by atoms with Gasteiger partial charge < -0.3 is 5.32 Å². The summed E-state index contributed by atoms with van der Waals surface area (Å²) in [4.78, 5) is 4.42. The number of aryl methyl sites for hydroxylation is 1. The zero-order chi connectivity index (χ0) is 15.1. The Morgan fingerprint density at radius 1 is 1.29 bits per heavy atom. The van der Waals surface area contributed by atoms with Crippen LogP contribution >= 0.6 is 11.6 Å². The lowest BCUT2D eigenvalue weighted by molar-refractivity contribution is 0.526. The molecule has 0 saturated carbocycles. The average Bonchev–Trinajstić information content (AvgIpc) is 2.92. The van der Waals surface area contributed by atoms with Gasteiger partial charge in [0.2, 0.25) is 0 Å². The monoisotopic (exact) mass is 306 g/mol. The molecular formula is C16H23ClN4. The van der Waals surface area contributed by atoms with Crippen molar-refractivity contribution >= 4 is 11.6 Å². The van der Waals surface area contributed by atoms with E-state index in [1.165, 1.54) is 5.56 Å². The number of likely N-dealkylation sites (N-methyl/N-ethyl adjacent to an activating group) is 1. The van der Waals surface area contributed by atoms with Crippen molar-refractivity contribution < 1.29 is 0 Å². The molecule has 0 aliphatic carbocycles. The second-order valence-corrected chi connectivity index (χ2v) is 5.54. The molecule has 2 aromatic rings. The molecule has 1 atom stereocenters. The van der Waals surface area contributed by atoms with Crippen LogP contribution in [-0.4, -0.2) is 27.9 Å². The predicted octanol–water partition coefficient (Wildman–Crippen LogP) is 3.28. The summed E-state index contributed by atoms with van der Waals surface area (Å²) >= 11 is 6.37. The Labute approximate surface area is 131 Å². The van der Waals surface area contributed by atoms with Gasteiger partial charge in [0.15, 0.2) is 0 Å². The number of aromatic nitrogens is 3. The van der Waals surface area contributed by atoms with E-state index < -0.39 is 0 Å². The molecule has 1 N–H and O–H groups in total. The minimum absolute atomic E-state index is 0.304. The SMILES string of the molecule is CCCn1ncnc1CC(CNCC)c1ccccc1Cl. The molecule has 2 rings (SSSR count). The lowest BCUT2D eigenvalue weighted by Crippen LogP contribution is -2.24. The third-order valence-electron chi connectivity index (χ3n) is 3.55. The number of nitrogens with zero attached hydrogens (tertiary/aromatic N) is 3. The fourth-order valence-electron chi connectivity index (χ4n) is 2.48. The Morgan fingerprint density at radius 2 is 2.10 bits per heavy atom. The highest BCUT2D eigenvalue weighted by molar-refractivity contribution is 6.31. The fraction of sp³-hybridized carbons (Fsp3) is 0.500. The molecule has 1 unspecified atom stereocenters. The number of rotatable bonds is 8. The van der Waals surface area contributed by atoms with Crippen molar-refractivity contribution in [3.63, 3.8) is 0 Å². The number of benzene rings is 1. The smallest absolute Gasteiger partial charge is 0.138 e. The van der Waals surface area contributed by atoms with Crippen molar-refractivity contribution in [3.05, 3.63) is 47.0 Å². The molecule has 0 saturated heterocycles. The lowest BCUT2D eigenvalue weighted by Gasteiger charge is -2.19. The third-order valence-corrected chi connectivity index (χ3v) is 3.89. The molecule has 4 nitrogen and oxygen atoms in total. The van der Waals surface area contributed by atoms with Gasteiger partial charge in [-0.15, -0.1) is 0 Å². The summed E-state index contributed by atoms with van der Waals surface area (Å²) in [6.45, 7) is 7.01. The molecule has 21 heavy (non-hydrogen) atoms. The van der Waals surface area contributed by atoms with Crippen LogP contribution in [0.2, 0.25) is 5.02 Å². The first-order valence-corrected chi connectivity index (χ1v) is 7.95. The molecule has 0 spiro atoms. The van der Waals surface area contributed by atoms with Crippen LogP contribution in [-0.2, 0) is 13.0 Å². The van der Waals surface area contributed by atoms with E-state index >= 15 is 0 Å². The number of nitrogens with one attached hydrogen (secondary N) is 1. The van der Waals surface area contributed by atoms with Gasteiger partial charge in [-0.25, -0.2) is 4.98 Å². The number of halogens is 1. The Hall–Kier alpha value is -1.39. The van der Waals surface area contributed by atoms with Gasteiger partial charge in [-0.05, 0) is 24.6 Å². The standard InChI is InChI=1S/C16H23ClN4/c1-3-9-21-16(19-12-20-21)10-13(11-18-4-2)14-7-5-6-8-15(14)17/h5-8,12-13,18H,3-4,9-11H2,1-2H3. The quantitative estimate of drug-likeness (QED) is 0.814. The van der Waals surface area contributed by atoms with E-state index in [4.69, 9.17) is 11.6 Å². The second-order valence-electron chi connectivity index (χ2n) is 5.13. The maximum absolute atomic E-state index is 6.37. The minimum Gasteiger partial charge on any atom is -0.316 e. The van der Waals surface area contributed by atoms with Crippen molar-refractivity contribution in [2.45, 2.75) is 39.2 Å². The first-order chi connectivity index (χ1) is 10.3. The number of hydrogen-bond donors (Lipinski definition) is 1. The molecule has 1 aromatic carbocycles. The molecule has 0 bridgehead atoms. The van der Waals surface area contributed by atoms with Gasteiger partial charge in [0, 0.05) is 30.5 Å². The normalized spacial score (nSPS) is 12.5. The van der Waals surface area contributed by atoms with Crippen molar-refractivity contribution in [2.75, 3.05) is 13.1 Å². The van der Waals surface area contributed by atoms with Crippen LogP contribution in [0.15, 0.2) is 30.6 Å². The zero-order valence-corrected chi connectivity index (χ0v) is 13.5. The first-order valence-electron chi connectivity index (χ1n) is 7.58. The summed E-state index contributed by atoms with van der Waals surface area (Å²) in [6, 6.07) is 8.06. The maximum atomic E-state index is 6.37. The van der Waals surface area contributed by atoms with Crippen molar-refractivity contribution in [1.29, 1.82) is 0 Å². The van der Waals surface area contributed by atoms with Gasteiger partial charge in [0.1, 0.15) is 12.2 Å². The van der Waals surface area contributed by atoms with E-state index in [-0.39, 0.29) is 0 Å². The highest BCUT2D eigenvalue weighted by Gasteiger charge is 2.17. The van der Waals surface area contributed by atoms with Crippen molar-refractivity contribution in [3.8, 4) is 0 Å². The largest absolute Gasteiger partial charge is 0.316 e.